The first-order chi connectivity index (χ1) is 7.97. The molecular weight excluding hydrogens is 227 g/mol. The van der Waals surface area contributed by atoms with Crippen molar-refractivity contribution in [1.82, 2.24) is 4.90 Å². The lowest BCUT2D eigenvalue weighted by Gasteiger charge is -2.24. The number of halogens is 3. The van der Waals surface area contributed by atoms with Crippen LogP contribution >= 0.6 is 0 Å². The first-order valence-corrected chi connectivity index (χ1v) is 5.54. The predicted molar refractivity (Wildman–Crippen MR) is 60.3 cm³/mol. The Bertz CT molecular complexity index is 417. The lowest BCUT2D eigenvalue weighted by Crippen LogP contribution is -2.28. The lowest BCUT2D eigenvalue weighted by atomic mass is 10.1. The fourth-order valence-electron chi connectivity index (χ4n) is 1.98. The normalized spacial score (nSPS) is 16.2. The summed E-state index contributed by atoms with van der Waals surface area (Å²) >= 11 is 0. The highest BCUT2D eigenvalue weighted by atomic mass is 19.4. The monoisotopic (exact) mass is 241 g/mol. The molecule has 0 saturated carbocycles. The average molecular weight is 241 g/mol. The number of alkyl halides is 3. The number of hydrogen-bond donors (Lipinski definition) is 0. The summed E-state index contributed by atoms with van der Waals surface area (Å²) in [5.41, 5.74) is 1.52. The molecule has 0 N–H and O–H groups in total. The van der Waals surface area contributed by atoms with Crippen LogP contribution < -0.4 is 0 Å². The van der Waals surface area contributed by atoms with Gasteiger partial charge in [-0.2, -0.15) is 13.2 Å². The summed E-state index contributed by atoms with van der Waals surface area (Å²) in [4.78, 5) is 1.39. The van der Waals surface area contributed by atoms with E-state index in [1.807, 2.05) is 31.2 Å². The molecule has 1 nitrogen and oxygen atoms in total. The molecule has 0 spiro atoms. The summed E-state index contributed by atoms with van der Waals surface area (Å²) in [6, 6.07) is 7.59. The van der Waals surface area contributed by atoms with Crippen LogP contribution in [0, 0.1) is 6.92 Å². The molecule has 0 saturated heterocycles. The first kappa shape index (κ1) is 12.0. The highest BCUT2D eigenvalue weighted by Crippen LogP contribution is 2.33. The van der Waals surface area contributed by atoms with E-state index in [9.17, 15) is 13.2 Å². The van der Waals surface area contributed by atoms with Gasteiger partial charge in [-0.25, -0.2) is 0 Å². The zero-order chi connectivity index (χ0) is 12.5. The molecule has 0 aromatic heterocycles. The zero-order valence-electron chi connectivity index (χ0n) is 9.59. The third-order valence-electron chi connectivity index (χ3n) is 2.86. The van der Waals surface area contributed by atoms with Crippen LogP contribution in [0.15, 0.2) is 36.0 Å². The Morgan fingerprint density at radius 2 is 1.82 bits per heavy atom. The van der Waals surface area contributed by atoms with Crippen LogP contribution in [0.2, 0.25) is 0 Å². The maximum absolute atomic E-state index is 12.7. The zero-order valence-corrected chi connectivity index (χ0v) is 9.59. The molecule has 0 aliphatic carbocycles. The van der Waals surface area contributed by atoms with Gasteiger partial charge in [0.05, 0.1) is 0 Å². The van der Waals surface area contributed by atoms with Crippen LogP contribution in [-0.2, 0) is 6.54 Å². The Morgan fingerprint density at radius 3 is 2.41 bits per heavy atom. The van der Waals surface area contributed by atoms with Gasteiger partial charge in [0.2, 0.25) is 0 Å². The number of nitrogens with zero attached hydrogens (tertiary/aromatic N) is 1. The van der Waals surface area contributed by atoms with Crippen molar-refractivity contribution in [3.8, 4) is 0 Å². The minimum atomic E-state index is -4.23. The topological polar surface area (TPSA) is 3.24 Å². The van der Waals surface area contributed by atoms with Crippen molar-refractivity contribution < 1.29 is 13.2 Å². The Balaban J connectivity index is 2.09. The Morgan fingerprint density at radius 1 is 1.18 bits per heavy atom. The lowest BCUT2D eigenvalue weighted by molar-refractivity contribution is -0.109. The van der Waals surface area contributed by atoms with Crippen molar-refractivity contribution in [1.29, 1.82) is 0 Å². The van der Waals surface area contributed by atoms with Crippen LogP contribution in [-0.4, -0.2) is 17.6 Å². The second-order valence-electron chi connectivity index (χ2n) is 4.28. The molecule has 17 heavy (non-hydrogen) atoms. The van der Waals surface area contributed by atoms with Gasteiger partial charge in [-0.3, -0.25) is 0 Å². The molecule has 4 heteroatoms. The van der Waals surface area contributed by atoms with Gasteiger partial charge < -0.3 is 4.90 Å². The molecule has 2 rings (SSSR count). The van der Waals surface area contributed by atoms with E-state index >= 15 is 0 Å². The van der Waals surface area contributed by atoms with Gasteiger partial charge in [0.1, 0.15) is 5.70 Å². The minimum Gasteiger partial charge on any atom is -0.363 e. The summed E-state index contributed by atoms with van der Waals surface area (Å²) in [5.74, 6) is 0. The van der Waals surface area contributed by atoms with Crippen LogP contribution in [0.25, 0.3) is 0 Å². The molecule has 0 bridgehead atoms. The van der Waals surface area contributed by atoms with Gasteiger partial charge in [-0.15, -0.1) is 0 Å². The van der Waals surface area contributed by atoms with Crippen LogP contribution in [0.4, 0.5) is 13.2 Å². The van der Waals surface area contributed by atoms with E-state index in [1.165, 1.54) is 11.0 Å². The molecule has 1 aromatic rings. The summed E-state index contributed by atoms with van der Waals surface area (Å²) in [7, 11) is 0. The molecule has 92 valence electrons. The second kappa shape index (κ2) is 4.43. The first-order valence-electron chi connectivity index (χ1n) is 5.54. The van der Waals surface area contributed by atoms with Crippen LogP contribution in [0.1, 0.15) is 17.5 Å². The van der Waals surface area contributed by atoms with Gasteiger partial charge in [-0.1, -0.05) is 35.9 Å². The molecule has 0 fully saturated rings. The SMILES string of the molecule is Cc1ccc(CN2CCC=C2C(F)(F)F)cc1. The Hall–Kier alpha value is -1.45. The molecule has 0 radical (unpaired) electrons. The van der Waals surface area contributed by atoms with Gasteiger partial charge in [0.15, 0.2) is 0 Å². The van der Waals surface area contributed by atoms with Crippen LogP contribution in [0.5, 0.6) is 0 Å². The van der Waals surface area contributed by atoms with Crippen molar-refractivity contribution >= 4 is 0 Å². The summed E-state index contributed by atoms with van der Waals surface area (Å²) in [6.07, 6.45) is -2.49. The van der Waals surface area contributed by atoms with Gasteiger partial charge in [0, 0.05) is 13.1 Å². The minimum absolute atomic E-state index is 0.325. The highest BCUT2D eigenvalue weighted by Gasteiger charge is 2.39. The Labute approximate surface area is 98.5 Å². The van der Waals surface area contributed by atoms with E-state index in [2.05, 4.69) is 0 Å². The number of aryl methyl sites for hydroxylation is 1. The third kappa shape index (κ3) is 2.81. The quantitative estimate of drug-likeness (QED) is 0.764. The number of rotatable bonds is 2. The van der Waals surface area contributed by atoms with E-state index in [-0.39, 0.29) is 0 Å². The number of benzene rings is 1. The van der Waals surface area contributed by atoms with Gasteiger partial charge in [-0.05, 0) is 18.9 Å². The predicted octanol–water partition coefficient (Wildman–Crippen LogP) is 3.65. The second-order valence-corrected chi connectivity index (χ2v) is 4.28. The van der Waals surface area contributed by atoms with E-state index in [0.717, 1.165) is 11.1 Å². The summed E-state index contributed by atoms with van der Waals surface area (Å²) < 4.78 is 38.0. The van der Waals surface area contributed by atoms with Crippen molar-refractivity contribution in [2.75, 3.05) is 6.54 Å². The van der Waals surface area contributed by atoms with E-state index in [4.69, 9.17) is 0 Å². The fraction of sp³-hybridized carbons (Fsp3) is 0.385. The summed E-state index contributed by atoms with van der Waals surface area (Å²) in [5, 5.41) is 0. The smallest absolute Gasteiger partial charge is 0.363 e. The Kier molecular flexibility index (Phi) is 3.13. The van der Waals surface area contributed by atoms with Gasteiger partial charge in [0.25, 0.3) is 0 Å². The molecule has 0 unspecified atom stereocenters. The van der Waals surface area contributed by atoms with Crippen LogP contribution in [0.3, 0.4) is 0 Å². The maximum atomic E-state index is 12.7. The summed E-state index contributed by atoms with van der Waals surface area (Å²) in [6.45, 7) is 2.73. The number of allylic oxidation sites excluding steroid dienone is 1. The van der Waals surface area contributed by atoms with Crippen molar-refractivity contribution in [2.45, 2.75) is 26.1 Å². The highest BCUT2D eigenvalue weighted by molar-refractivity contribution is 5.23. The van der Waals surface area contributed by atoms with Crippen molar-refractivity contribution in [2.24, 2.45) is 0 Å². The molecular formula is C13H14F3N. The van der Waals surface area contributed by atoms with Crippen molar-refractivity contribution in [3.05, 3.63) is 47.2 Å². The molecule has 1 aliphatic heterocycles. The molecule has 1 aliphatic rings. The molecule has 1 heterocycles. The molecule has 1 aromatic carbocycles. The standard InChI is InChI=1S/C13H14F3N/c1-10-4-6-11(7-5-10)9-17-8-2-3-12(17)13(14,15)16/h3-7H,2,8-9H2,1H3. The largest absolute Gasteiger partial charge is 0.430 e. The molecule has 0 amide bonds. The fourth-order valence-corrected chi connectivity index (χ4v) is 1.98. The molecule has 0 atom stereocenters. The average Bonchev–Trinajstić information content (AvgIpc) is 2.69. The van der Waals surface area contributed by atoms with E-state index in [1.54, 1.807) is 0 Å². The third-order valence-corrected chi connectivity index (χ3v) is 2.86. The maximum Gasteiger partial charge on any atom is 0.430 e. The van der Waals surface area contributed by atoms with E-state index < -0.39 is 11.9 Å². The van der Waals surface area contributed by atoms with E-state index in [0.29, 0.717) is 19.5 Å². The number of hydrogen-bond acceptors (Lipinski definition) is 1. The van der Waals surface area contributed by atoms with Crippen molar-refractivity contribution in [3.63, 3.8) is 0 Å². The van der Waals surface area contributed by atoms with Gasteiger partial charge >= 0.3 is 6.18 Å².